The molecule has 1 saturated heterocycles. The zero-order chi connectivity index (χ0) is 13.5. The summed E-state index contributed by atoms with van der Waals surface area (Å²) in [6.07, 6.45) is 2.32. The van der Waals surface area contributed by atoms with Gasteiger partial charge in [0.1, 0.15) is 0 Å². The van der Waals surface area contributed by atoms with Crippen molar-refractivity contribution in [3.63, 3.8) is 0 Å². The molecule has 0 unspecified atom stereocenters. The standard InChI is InChI=1S/C12H21N3O3/c1-8(16)9-5-3-4-6-14-11(17)7-10(13-2)12(18)15-9/h9-10,13H,3-7H2,1-2H3,(H,14,17)(H,15,18)/t9-,10-/m0/s1. The molecular weight excluding hydrogens is 234 g/mol. The van der Waals surface area contributed by atoms with Crippen molar-refractivity contribution < 1.29 is 14.4 Å². The van der Waals surface area contributed by atoms with Crippen LogP contribution in [-0.2, 0) is 14.4 Å². The summed E-state index contributed by atoms with van der Waals surface area (Å²) in [5, 5.41) is 8.27. The van der Waals surface area contributed by atoms with E-state index >= 15 is 0 Å². The molecule has 0 radical (unpaired) electrons. The molecule has 18 heavy (non-hydrogen) atoms. The molecule has 1 fully saturated rings. The number of nitrogens with one attached hydrogen (secondary N) is 3. The SMILES string of the molecule is CN[C@H]1CC(=O)NCCCC[C@@H](C(C)=O)NC1=O. The Hall–Kier alpha value is -1.43. The molecule has 0 aromatic heterocycles. The Morgan fingerprint density at radius 2 is 2.06 bits per heavy atom. The van der Waals surface area contributed by atoms with Crippen LogP contribution in [0.5, 0.6) is 0 Å². The second-order valence-electron chi connectivity index (χ2n) is 4.56. The molecule has 0 bridgehead atoms. The fourth-order valence-electron chi connectivity index (χ4n) is 1.93. The lowest BCUT2D eigenvalue weighted by molar-refractivity contribution is -0.130. The van der Waals surface area contributed by atoms with Crippen LogP contribution in [0.15, 0.2) is 0 Å². The van der Waals surface area contributed by atoms with E-state index in [1.165, 1.54) is 6.92 Å². The average molecular weight is 255 g/mol. The maximum Gasteiger partial charge on any atom is 0.238 e. The predicted molar refractivity (Wildman–Crippen MR) is 66.9 cm³/mol. The molecule has 102 valence electrons. The lowest BCUT2D eigenvalue weighted by Gasteiger charge is -2.19. The molecule has 3 N–H and O–H groups in total. The van der Waals surface area contributed by atoms with Crippen LogP contribution in [-0.4, -0.2) is 43.3 Å². The Kier molecular flexibility index (Phi) is 5.77. The monoisotopic (exact) mass is 255 g/mol. The second kappa shape index (κ2) is 7.10. The number of carbonyl (C=O) groups excluding carboxylic acids is 3. The topological polar surface area (TPSA) is 87.3 Å². The molecular formula is C12H21N3O3. The van der Waals surface area contributed by atoms with Crippen molar-refractivity contribution in [3.05, 3.63) is 0 Å². The molecule has 6 heteroatoms. The van der Waals surface area contributed by atoms with Gasteiger partial charge in [0.05, 0.1) is 18.5 Å². The number of likely N-dealkylation sites (N-methyl/N-ethyl adjacent to an activating group) is 1. The van der Waals surface area contributed by atoms with Gasteiger partial charge in [-0.2, -0.15) is 0 Å². The van der Waals surface area contributed by atoms with E-state index in [1.807, 2.05) is 0 Å². The summed E-state index contributed by atoms with van der Waals surface area (Å²) in [4.78, 5) is 34.9. The van der Waals surface area contributed by atoms with Crippen LogP contribution >= 0.6 is 0 Å². The van der Waals surface area contributed by atoms with Gasteiger partial charge in [0, 0.05) is 6.54 Å². The van der Waals surface area contributed by atoms with Gasteiger partial charge in [-0.25, -0.2) is 0 Å². The van der Waals surface area contributed by atoms with Gasteiger partial charge in [-0.05, 0) is 33.2 Å². The summed E-state index contributed by atoms with van der Waals surface area (Å²) in [5.74, 6) is -0.489. The van der Waals surface area contributed by atoms with Crippen LogP contribution in [0.1, 0.15) is 32.6 Å². The van der Waals surface area contributed by atoms with E-state index < -0.39 is 12.1 Å². The van der Waals surface area contributed by atoms with Gasteiger partial charge in [-0.1, -0.05) is 0 Å². The quantitative estimate of drug-likeness (QED) is 0.611. The molecule has 1 rings (SSSR count). The van der Waals surface area contributed by atoms with E-state index in [2.05, 4.69) is 16.0 Å². The van der Waals surface area contributed by atoms with Crippen molar-refractivity contribution in [1.29, 1.82) is 0 Å². The van der Waals surface area contributed by atoms with Crippen molar-refractivity contribution in [1.82, 2.24) is 16.0 Å². The molecule has 2 amide bonds. The first-order valence-electron chi connectivity index (χ1n) is 6.29. The van der Waals surface area contributed by atoms with Gasteiger partial charge in [-0.15, -0.1) is 0 Å². The van der Waals surface area contributed by atoms with E-state index in [0.717, 1.165) is 12.8 Å². The molecule has 1 aliphatic rings. The summed E-state index contributed by atoms with van der Waals surface area (Å²) < 4.78 is 0. The van der Waals surface area contributed by atoms with E-state index in [9.17, 15) is 14.4 Å². The van der Waals surface area contributed by atoms with Crippen LogP contribution in [0.4, 0.5) is 0 Å². The van der Waals surface area contributed by atoms with E-state index in [-0.39, 0.29) is 24.0 Å². The van der Waals surface area contributed by atoms with Gasteiger partial charge < -0.3 is 16.0 Å². The Morgan fingerprint density at radius 3 is 2.67 bits per heavy atom. The second-order valence-corrected chi connectivity index (χ2v) is 4.56. The molecule has 1 aliphatic heterocycles. The maximum atomic E-state index is 11.9. The van der Waals surface area contributed by atoms with Crippen molar-refractivity contribution in [2.75, 3.05) is 13.6 Å². The van der Waals surface area contributed by atoms with Crippen LogP contribution in [0.25, 0.3) is 0 Å². The smallest absolute Gasteiger partial charge is 0.238 e. The van der Waals surface area contributed by atoms with Crippen LogP contribution in [0.3, 0.4) is 0 Å². The zero-order valence-electron chi connectivity index (χ0n) is 10.9. The maximum absolute atomic E-state index is 11.9. The molecule has 0 saturated carbocycles. The summed E-state index contributed by atoms with van der Waals surface area (Å²) >= 11 is 0. The average Bonchev–Trinajstić information content (AvgIpc) is 2.35. The van der Waals surface area contributed by atoms with Gasteiger partial charge in [0.15, 0.2) is 5.78 Å². The molecule has 1 heterocycles. The number of hydrogen-bond donors (Lipinski definition) is 3. The molecule has 0 aromatic rings. The third kappa shape index (κ3) is 4.44. The number of rotatable bonds is 2. The molecule has 0 aliphatic carbocycles. The van der Waals surface area contributed by atoms with E-state index in [0.29, 0.717) is 13.0 Å². The Balaban J connectivity index is 2.75. The van der Waals surface area contributed by atoms with Crippen molar-refractivity contribution in [2.45, 2.75) is 44.7 Å². The van der Waals surface area contributed by atoms with E-state index in [4.69, 9.17) is 0 Å². The number of ketones is 1. The lowest BCUT2D eigenvalue weighted by atomic mass is 10.1. The highest BCUT2D eigenvalue weighted by Crippen LogP contribution is 2.05. The largest absolute Gasteiger partial charge is 0.356 e. The van der Waals surface area contributed by atoms with Gasteiger partial charge in [0.2, 0.25) is 11.8 Å². The van der Waals surface area contributed by atoms with Gasteiger partial charge >= 0.3 is 0 Å². The first-order chi connectivity index (χ1) is 8.54. The third-order valence-corrected chi connectivity index (χ3v) is 3.10. The normalized spacial score (nSPS) is 26.8. The lowest BCUT2D eigenvalue weighted by Crippen LogP contribution is -2.50. The van der Waals surface area contributed by atoms with Crippen molar-refractivity contribution in [3.8, 4) is 0 Å². The van der Waals surface area contributed by atoms with Crippen molar-refractivity contribution in [2.24, 2.45) is 0 Å². The Labute approximate surface area is 107 Å². The zero-order valence-corrected chi connectivity index (χ0v) is 10.9. The first-order valence-corrected chi connectivity index (χ1v) is 6.29. The summed E-state index contributed by atoms with van der Waals surface area (Å²) in [5.41, 5.74) is 0. The number of carbonyl (C=O) groups is 3. The highest BCUT2D eigenvalue weighted by Gasteiger charge is 2.25. The van der Waals surface area contributed by atoms with Crippen LogP contribution in [0, 0.1) is 0 Å². The highest BCUT2D eigenvalue weighted by atomic mass is 16.2. The van der Waals surface area contributed by atoms with Crippen molar-refractivity contribution >= 4 is 17.6 Å². The Morgan fingerprint density at radius 1 is 1.33 bits per heavy atom. The van der Waals surface area contributed by atoms with E-state index in [1.54, 1.807) is 7.05 Å². The van der Waals surface area contributed by atoms with Crippen LogP contribution < -0.4 is 16.0 Å². The fourth-order valence-corrected chi connectivity index (χ4v) is 1.93. The number of amides is 2. The van der Waals surface area contributed by atoms with Gasteiger partial charge in [0.25, 0.3) is 0 Å². The fraction of sp³-hybridized carbons (Fsp3) is 0.750. The molecule has 6 nitrogen and oxygen atoms in total. The summed E-state index contributed by atoms with van der Waals surface area (Å²) in [6, 6.07) is -1.04. The number of Topliss-reactive ketones (excluding diaryl/α,β-unsaturated/α-hetero) is 1. The summed E-state index contributed by atoms with van der Waals surface area (Å²) in [7, 11) is 1.62. The minimum Gasteiger partial charge on any atom is -0.356 e. The first kappa shape index (κ1) is 14.6. The molecule has 0 spiro atoms. The number of hydrogen-bond acceptors (Lipinski definition) is 4. The minimum absolute atomic E-state index is 0.0447. The minimum atomic E-state index is -0.593. The molecule has 2 atom stereocenters. The third-order valence-electron chi connectivity index (χ3n) is 3.10. The Bertz CT molecular complexity index is 331. The van der Waals surface area contributed by atoms with Crippen LogP contribution in [0.2, 0.25) is 0 Å². The predicted octanol–water partition coefficient (Wildman–Crippen LogP) is -0.662. The van der Waals surface area contributed by atoms with Gasteiger partial charge in [-0.3, -0.25) is 14.4 Å². The highest BCUT2D eigenvalue weighted by molar-refractivity contribution is 5.92. The molecule has 0 aromatic carbocycles. The summed E-state index contributed by atoms with van der Waals surface area (Å²) in [6.45, 7) is 2.07.